The van der Waals surface area contributed by atoms with Crippen molar-refractivity contribution in [3.63, 3.8) is 0 Å². The maximum atomic E-state index is 12.4. The first kappa shape index (κ1) is 18.1. The molecule has 0 spiro atoms. The molecule has 1 aromatic heterocycles. The molecule has 0 saturated heterocycles. The zero-order valence-electron chi connectivity index (χ0n) is 14.0. The topological polar surface area (TPSA) is 80.5 Å². The predicted octanol–water partition coefficient (Wildman–Crippen LogP) is 2.69. The minimum Gasteiger partial charge on any atom is -0.338 e. The van der Waals surface area contributed by atoms with E-state index < -0.39 is 10.0 Å². The zero-order valence-corrected chi connectivity index (χ0v) is 15.6. The Hall–Kier alpha value is -1.70. The predicted molar refractivity (Wildman–Crippen MR) is 98.8 cm³/mol. The van der Waals surface area contributed by atoms with Crippen molar-refractivity contribution in [1.82, 2.24) is 4.90 Å². The van der Waals surface area contributed by atoms with E-state index in [0.29, 0.717) is 19.5 Å². The van der Waals surface area contributed by atoms with E-state index in [9.17, 15) is 13.2 Å². The van der Waals surface area contributed by atoms with Crippen molar-refractivity contribution >= 4 is 27.3 Å². The van der Waals surface area contributed by atoms with Crippen LogP contribution >= 0.6 is 11.3 Å². The number of hydrogen-bond acceptors (Lipinski definition) is 4. The molecule has 134 valence electrons. The molecule has 3 rings (SSSR count). The monoisotopic (exact) mass is 378 g/mol. The van der Waals surface area contributed by atoms with Crippen LogP contribution in [-0.4, -0.2) is 25.8 Å². The van der Waals surface area contributed by atoms with Crippen molar-refractivity contribution in [2.24, 2.45) is 5.14 Å². The SMILES string of the molecule is NS(=O)(=O)c1ccc2c(c1)CN(C(=O)CCCCc1cccs1)CC2. The lowest BCUT2D eigenvalue weighted by Gasteiger charge is -2.29. The molecule has 2 N–H and O–H groups in total. The van der Waals surface area contributed by atoms with Gasteiger partial charge in [-0.05, 0) is 60.4 Å². The highest BCUT2D eigenvalue weighted by atomic mass is 32.2. The van der Waals surface area contributed by atoms with Crippen LogP contribution in [0, 0.1) is 0 Å². The molecule has 0 fully saturated rings. The number of sulfonamides is 1. The van der Waals surface area contributed by atoms with Crippen LogP contribution in [0.3, 0.4) is 0 Å². The van der Waals surface area contributed by atoms with E-state index in [4.69, 9.17) is 5.14 Å². The van der Waals surface area contributed by atoms with Gasteiger partial charge >= 0.3 is 0 Å². The maximum Gasteiger partial charge on any atom is 0.238 e. The summed E-state index contributed by atoms with van der Waals surface area (Å²) in [5.41, 5.74) is 1.97. The highest BCUT2D eigenvalue weighted by molar-refractivity contribution is 7.89. The number of nitrogens with zero attached hydrogens (tertiary/aromatic N) is 1. The smallest absolute Gasteiger partial charge is 0.238 e. The fourth-order valence-electron chi connectivity index (χ4n) is 3.11. The first-order valence-corrected chi connectivity index (χ1v) is 10.8. The van der Waals surface area contributed by atoms with E-state index >= 15 is 0 Å². The second kappa shape index (κ2) is 7.68. The van der Waals surface area contributed by atoms with Crippen molar-refractivity contribution in [3.05, 3.63) is 51.7 Å². The maximum absolute atomic E-state index is 12.4. The first-order chi connectivity index (χ1) is 11.9. The Bertz CT molecular complexity index is 845. The molecule has 1 aromatic carbocycles. The largest absolute Gasteiger partial charge is 0.338 e. The molecule has 1 amide bonds. The summed E-state index contributed by atoms with van der Waals surface area (Å²) in [6.45, 7) is 1.15. The molecule has 7 heteroatoms. The van der Waals surface area contributed by atoms with Crippen LogP contribution in [0.2, 0.25) is 0 Å². The van der Waals surface area contributed by atoms with Crippen LogP contribution in [0.15, 0.2) is 40.6 Å². The van der Waals surface area contributed by atoms with Gasteiger partial charge in [0, 0.05) is 24.4 Å². The van der Waals surface area contributed by atoms with E-state index in [1.54, 1.807) is 23.5 Å². The summed E-state index contributed by atoms with van der Waals surface area (Å²) in [6, 6.07) is 9.11. The average molecular weight is 379 g/mol. The molecular formula is C18H22N2O3S2. The van der Waals surface area contributed by atoms with Gasteiger partial charge in [-0.1, -0.05) is 12.1 Å². The van der Waals surface area contributed by atoms with Gasteiger partial charge in [-0.15, -0.1) is 11.3 Å². The highest BCUT2D eigenvalue weighted by Crippen LogP contribution is 2.23. The van der Waals surface area contributed by atoms with Crippen LogP contribution in [0.5, 0.6) is 0 Å². The number of nitrogens with two attached hydrogens (primary N) is 1. The fourth-order valence-corrected chi connectivity index (χ4v) is 4.43. The Morgan fingerprint density at radius 2 is 2.04 bits per heavy atom. The van der Waals surface area contributed by atoms with E-state index in [2.05, 4.69) is 11.4 Å². The van der Waals surface area contributed by atoms with Gasteiger partial charge in [-0.2, -0.15) is 0 Å². The average Bonchev–Trinajstić information content (AvgIpc) is 3.10. The van der Waals surface area contributed by atoms with Crippen LogP contribution < -0.4 is 5.14 Å². The molecule has 2 heterocycles. The third-order valence-electron chi connectivity index (χ3n) is 4.52. The Morgan fingerprint density at radius 3 is 2.76 bits per heavy atom. The fraction of sp³-hybridized carbons (Fsp3) is 0.389. The van der Waals surface area contributed by atoms with Crippen molar-refractivity contribution in [3.8, 4) is 0 Å². The summed E-state index contributed by atoms with van der Waals surface area (Å²) in [5, 5.41) is 7.27. The Kier molecular flexibility index (Phi) is 5.56. The number of fused-ring (bicyclic) bond motifs is 1. The molecule has 1 aliphatic rings. The zero-order chi connectivity index (χ0) is 17.9. The van der Waals surface area contributed by atoms with Crippen LogP contribution in [0.1, 0.15) is 35.3 Å². The molecule has 2 aromatic rings. The lowest BCUT2D eigenvalue weighted by Crippen LogP contribution is -2.36. The normalized spacial score (nSPS) is 14.4. The number of amides is 1. The number of benzene rings is 1. The number of primary sulfonamides is 1. The van der Waals surface area contributed by atoms with Gasteiger partial charge in [0.05, 0.1) is 4.90 Å². The number of aryl methyl sites for hydroxylation is 1. The number of carbonyl (C=O) groups excluding carboxylic acids is 1. The van der Waals surface area contributed by atoms with E-state index in [1.807, 2.05) is 11.0 Å². The Balaban J connectivity index is 1.55. The van der Waals surface area contributed by atoms with Gasteiger partial charge in [0.1, 0.15) is 0 Å². The minimum absolute atomic E-state index is 0.108. The van der Waals surface area contributed by atoms with Gasteiger partial charge in [0.2, 0.25) is 15.9 Å². The number of thiophene rings is 1. The molecule has 25 heavy (non-hydrogen) atoms. The molecule has 0 atom stereocenters. The van der Waals surface area contributed by atoms with E-state index in [-0.39, 0.29) is 10.8 Å². The van der Waals surface area contributed by atoms with Gasteiger partial charge in [0.15, 0.2) is 0 Å². The number of unbranched alkanes of at least 4 members (excludes halogenated alkanes) is 1. The van der Waals surface area contributed by atoms with Crippen molar-refractivity contribution < 1.29 is 13.2 Å². The summed E-state index contributed by atoms with van der Waals surface area (Å²) in [7, 11) is -3.72. The second-order valence-corrected chi connectivity index (χ2v) is 8.92. The number of hydrogen-bond donors (Lipinski definition) is 1. The second-order valence-electron chi connectivity index (χ2n) is 6.33. The van der Waals surface area contributed by atoms with Crippen LogP contribution in [0.25, 0.3) is 0 Å². The number of carbonyl (C=O) groups is 1. The summed E-state index contributed by atoms with van der Waals surface area (Å²) < 4.78 is 23.0. The Labute approximate surface area is 152 Å². The highest BCUT2D eigenvalue weighted by Gasteiger charge is 2.22. The van der Waals surface area contributed by atoms with E-state index in [0.717, 1.165) is 36.8 Å². The molecule has 0 unspecified atom stereocenters. The first-order valence-electron chi connectivity index (χ1n) is 8.38. The van der Waals surface area contributed by atoms with Crippen LogP contribution in [0.4, 0.5) is 0 Å². The minimum atomic E-state index is -3.72. The summed E-state index contributed by atoms with van der Waals surface area (Å²) in [6.07, 6.45) is 4.19. The van der Waals surface area contributed by atoms with E-state index in [1.165, 1.54) is 10.9 Å². The van der Waals surface area contributed by atoms with Gasteiger partial charge in [-0.25, -0.2) is 13.6 Å². The molecular weight excluding hydrogens is 356 g/mol. The molecule has 0 saturated carbocycles. The Morgan fingerprint density at radius 1 is 1.20 bits per heavy atom. The lowest BCUT2D eigenvalue weighted by atomic mass is 9.99. The third-order valence-corrected chi connectivity index (χ3v) is 6.36. The van der Waals surface area contributed by atoms with Gasteiger partial charge in [-0.3, -0.25) is 4.79 Å². The summed E-state index contributed by atoms with van der Waals surface area (Å²) in [4.78, 5) is 15.7. The standard InChI is InChI=1S/C18H22N2O3S2/c19-25(22,23)17-8-7-14-9-10-20(13-15(14)12-17)18(21)6-2-1-4-16-5-3-11-24-16/h3,5,7-8,11-12H,1-2,4,6,9-10,13H2,(H2,19,22,23). The molecule has 1 aliphatic heterocycles. The number of rotatable bonds is 6. The van der Waals surface area contributed by atoms with Gasteiger partial charge in [0.25, 0.3) is 0 Å². The summed E-state index contributed by atoms with van der Waals surface area (Å²) in [5.74, 6) is 0.137. The molecule has 0 aliphatic carbocycles. The van der Waals surface area contributed by atoms with Crippen molar-refractivity contribution in [1.29, 1.82) is 0 Å². The molecule has 0 radical (unpaired) electrons. The van der Waals surface area contributed by atoms with Crippen LogP contribution in [-0.2, 0) is 34.2 Å². The van der Waals surface area contributed by atoms with Gasteiger partial charge < -0.3 is 4.90 Å². The summed E-state index contributed by atoms with van der Waals surface area (Å²) >= 11 is 1.75. The third kappa shape index (κ3) is 4.68. The van der Waals surface area contributed by atoms with Crippen molar-refractivity contribution in [2.75, 3.05) is 6.54 Å². The lowest BCUT2D eigenvalue weighted by molar-refractivity contribution is -0.132. The molecule has 5 nitrogen and oxygen atoms in total. The van der Waals surface area contributed by atoms with Crippen molar-refractivity contribution in [2.45, 2.75) is 43.5 Å². The quantitative estimate of drug-likeness (QED) is 0.785. The molecule has 0 bridgehead atoms.